The van der Waals surface area contributed by atoms with Crippen LogP contribution in [0.5, 0.6) is 0 Å². The highest BCUT2D eigenvalue weighted by Crippen LogP contribution is 2.34. The number of halogens is 4. The minimum absolute atomic E-state index is 0.0175. The van der Waals surface area contributed by atoms with Gasteiger partial charge in [0.25, 0.3) is 0 Å². The van der Waals surface area contributed by atoms with Crippen LogP contribution in [-0.4, -0.2) is 73.1 Å². The number of alkyl halides is 3. The second-order valence-electron chi connectivity index (χ2n) is 8.34. The summed E-state index contributed by atoms with van der Waals surface area (Å²) in [5.41, 5.74) is -0.505. The molecule has 33 heavy (non-hydrogen) atoms. The summed E-state index contributed by atoms with van der Waals surface area (Å²) in [6.45, 7) is 6.57. The third-order valence-corrected chi connectivity index (χ3v) is 8.69. The number of hydrogen-bond donors (Lipinski definition) is 0. The number of nitrogens with zero attached hydrogens (tertiary/aromatic N) is 5. The van der Waals surface area contributed by atoms with Gasteiger partial charge >= 0.3 is 6.18 Å². The fourth-order valence-corrected chi connectivity index (χ4v) is 6.58. The summed E-state index contributed by atoms with van der Waals surface area (Å²) in [6, 6.07) is 1.14. The molecule has 2 aromatic rings. The SMILES string of the molecule is Cc1noc(C)c1S(=O)(=O)N1CCC(N2CCN(c3ncc(C(F)(F)F)cc3Cl)CC2)CC1. The number of pyridine rings is 1. The zero-order valence-electron chi connectivity index (χ0n) is 18.3. The van der Waals surface area contributed by atoms with Gasteiger partial charge in [-0.25, -0.2) is 13.4 Å². The summed E-state index contributed by atoms with van der Waals surface area (Å²) < 4.78 is 71.1. The molecule has 0 unspecified atom stereocenters. The number of aryl methyl sites for hydroxylation is 2. The molecule has 2 aliphatic heterocycles. The van der Waals surface area contributed by atoms with Crippen molar-refractivity contribution >= 4 is 27.4 Å². The van der Waals surface area contributed by atoms with Crippen LogP contribution in [0.1, 0.15) is 29.9 Å². The molecule has 182 valence electrons. The molecule has 0 radical (unpaired) electrons. The average molecular weight is 508 g/mol. The Morgan fingerprint density at radius 1 is 1.09 bits per heavy atom. The molecule has 8 nitrogen and oxygen atoms in total. The van der Waals surface area contributed by atoms with E-state index in [1.165, 1.54) is 4.31 Å². The van der Waals surface area contributed by atoms with Crippen molar-refractivity contribution in [2.45, 2.75) is 43.8 Å². The van der Waals surface area contributed by atoms with Crippen LogP contribution in [0, 0.1) is 13.8 Å². The third-order valence-electron chi connectivity index (χ3n) is 6.27. The lowest BCUT2D eigenvalue weighted by molar-refractivity contribution is -0.137. The summed E-state index contributed by atoms with van der Waals surface area (Å²) in [4.78, 5) is 8.28. The number of aromatic nitrogens is 2. The van der Waals surface area contributed by atoms with E-state index in [-0.39, 0.29) is 16.0 Å². The Morgan fingerprint density at radius 2 is 1.73 bits per heavy atom. The quantitative estimate of drug-likeness (QED) is 0.627. The van der Waals surface area contributed by atoms with Gasteiger partial charge in [0.1, 0.15) is 16.4 Å². The van der Waals surface area contributed by atoms with Crippen LogP contribution in [0.15, 0.2) is 21.7 Å². The molecule has 4 heterocycles. The predicted octanol–water partition coefficient (Wildman–Crippen LogP) is 3.33. The number of anilines is 1. The molecule has 2 aliphatic rings. The van der Waals surface area contributed by atoms with E-state index in [1.54, 1.807) is 13.8 Å². The lowest BCUT2D eigenvalue weighted by Gasteiger charge is -2.42. The predicted molar refractivity (Wildman–Crippen MR) is 116 cm³/mol. The molecule has 0 aromatic carbocycles. The van der Waals surface area contributed by atoms with E-state index >= 15 is 0 Å². The molecule has 0 atom stereocenters. The lowest BCUT2D eigenvalue weighted by Crippen LogP contribution is -2.54. The van der Waals surface area contributed by atoms with Crippen LogP contribution in [0.3, 0.4) is 0 Å². The van der Waals surface area contributed by atoms with Crippen molar-refractivity contribution < 1.29 is 26.1 Å². The zero-order valence-corrected chi connectivity index (χ0v) is 19.8. The largest absolute Gasteiger partial charge is 0.417 e. The Kier molecular flexibility index (Phi) is 6.64. The number of hydrogen-bond acceptors (Lipinski definition) is 7. The molecule has 0 spiro atoms. The van der Waals surface area contributed by atoms with E-state index in [4.69, 9.17) is 16.1 Å². The van der Waals surface area contributed by atoms with Crippen LogP contribution < -0.4 is 4.90 Å². The van der Waals surface area contributed by atoms with Crippen molar-refractivity contribution in [1.82, 2.24) is 19.3 Å². The van der Waals surface area contributed by atoms with Gasteiger partial charge in [-0.15, -0.1) is 0 Å². The molecule has 0 aliphatic carbocycles. The fraction of sp³-hybridized carbons (Fsp3) is 0.600. The van der Waals surface area contributed by atoms with Crippen molar-refractivity contribution in [1.29, 1.82) is 0 Å². The topological polar surface area (TPSA) is 82.8 Å². The number of sulfonamides is 1. The average Bonchev–Trinajstić information content (AvgIpc) is 3.12. The Labute approximate surface area is 195 Å². The maximum absolute atomic E-state index is 13.0. The molecule has 2 aromatic heterocycles. The van der Waals surface area contributed by atoms with Gasteiger partial charge in [-0.1, -0.05) is 16.8 Å². The van der Waals surface area contributed by atoms with E-state index in [9.17, 15) is 21.6 Å². The third kappa shape index (κ3) is 4.84. The number of piperidine rings is 1. The Balaban J connectivity index is 1.34. The molecule has 2 fully saturated rings. The molecule has 13 heteroatoms. The molecule has 4 rings (SSSR count). The minimum Gasteiger partial charge on any atom is -0.360 e. The van der Waals surface area contributed by atoms with Gasteiger partial charge in [-0.2, -0.15) is 17.5 Å². The van der Waals surface area contributed by atoms with E-state index < -0.39 is 21.8 Å². The highest BCUT2D eigenvalue weighted by Gasteiger charge is 2.36. The van der Waals surface area contributed by atoms with Gasteiger partial charge < -0.3 is 9.42 Å². The van der Waals surface area contributed by atoms with Crippen molar-refractivity contribution in [3.05, 3.63) is 34.3 Å². The molecule has 0 bridgehead atoms. The zero-order chi connectivity index (χ0) is 24.0. The van der Waals surface area contributed by atoms with Crippen LogP contribution in [-0.2, 0) is 16.2 Å². The summed E-state index contributed by atoms with van der Waals surface area (Å²) in [5, 5.41) is 3.74. The lowest BCUT2D eigenvalue weighted by atomic mass is 10.0. The first-order valence-electron chi connectivity index (χ1n) is 10.6. The van der Waals surface area contributed by atoms with E-state index in [0.29, 0.717) is 69.4 Å². The first-order chi connectivity index (χ1) is 15.5. The van der Waals surface area contributed by atoms with Gasteiger partial charge in [0.2, 0.25) is 10.0 Å². The number of rotatable bonds is 4. The van der Waals surface area contributed by atoms with Crippen LogP contribution in [0.2, 0.25) is 5.02 Å². The van der Waals surface area contributed by atoms with Crippen molar-refractivity contribution in [3.63, 3.8) is 0 Å². The normalized spacial score (nSPS) is 19.9. The van der Waals surface area contributed by atoms with E-state index in [2.05, 4.69) is 15.0 Å². The van der Waals surface area contributed by atoms with Crippen molar-refractivity contribution in [3.8, 4) is 0 Å². The van der Waals surface area contributed by atoms with Crippen molar-refractivity contribution in [2.24, 2.45) is 0 Å². The first-order valence-corrected chi connectivity index (χ1v) is 12.4. The fourth-order valence-electron chi connectivity index (χ4n) is 4.54. The van der Waals surface area contributed by atoms with Gasteiger partial charge in [-0.3, -0.25) is 4.90 Å². The highest BCUT2D eigenvalue weighted by molar-refractivity contribution is 7.89. The molecular weight excluding hydrogens is 483 g/mol. The first kappa shape index (κ1) is 24.2. The molecule has 0 amide bonds. The monoisotopic (exact) mass is 507 g/mol. The van der Waals surface area contributed by atoms with Crippen LogP contribution in [0.4, 0.5) is 19.0 Å². The Hall–Kier alpha value is -1.89. The molecule has 0 saturated carbocycles. The smallest absolute Gasteiger partial charge is 0.360 e. The van der Waals surface area contributed by atoms with Gasteiger partial charge in [0, 0.05) is 51.5 Å². The standard InChI is InChI=1S/C20H25ClF3N5O3S/c1-13-18(14(2)32-26-13)33(30,31)29-5-3-16(4-6-29)27-7-9-28(10-8-27)19-17(21)11-15(12-25-19)20(22,23)24/h11-12,16H,3-10H2,1-2H3. The number of piperazine rings is 1. The second-order valence-corrected chi connectivity index (χ2v) is 10.6. The molecule has 2 saturated heterocycles. The summed E-state index contributed by atoms with van der Waals surface area (Å²) >= 11 is 6.09. The van der Waals surface area contributed by atoms with E-state index in [0.717, 1.165) is 12.3 Å². The van der Waals surface area contributed by atoms with Crippen LogP contribution >= 0.6 is 11.6 Å². The summed E-state index contributed by atoms with van der Waals surface area (Å²) in [6.07, 6.45) is -2.28. The van der Waals surface area contributed by atoms with Crippen LogP contribution in [0.25, 0.3) is 0 Å². The summed E-state index contributed by atoms with van der Waals surface area (Å²) in [7, 11) is -3.65. The van der Waals surface area contributed by atoms with Gasteiger partial charge in [0.15, 0.2) is 5.76 Å². The molecule has 0 N–H and O–H groups in total. The Bertz CT molecular complexity index is 1090. The second kappa shape index (κ2) is 9.05. The van der Waals surface area contributed by atoms with Gasteiger partial charge in [0.05, 0.1) is 10.6 Å². The van der Waals surface area contributed by atoms with Gasteiger partial charge in [-0.05, 0) is 32.8 Å². The van der Waals surface area contributed by atoms with Crippen molar-refractivity contribution in [2.75, 3.05) is 44.2 Å². The maximum Gasteiger partial charge on any atom is 0.417 e. The Morgan fingerprint density at radius 3 is 2.24 bits per heavy atom. The van der Waals surface area contributed by atoms with E-state index in [1.807, 2.05) is 4.90 Å². The maximum atomic E-state index is 13.0. The highest BCUT2D eigenvalue weighted by atomic mass is 35.5. The minimum atomic E-state index is -4.48. The summed E-state index contributed by atoms with van der Waals surface area (Å²) in [5.74, 6) is 0.644. The molecular formula is C20H25ClF3N5O3S.